The van der Waals surface area contributed by atoms with Gasteiger partial charge in [0.2, 0.25) is 0 Å². The van der Waals surface area contributed by atoms with E-state index >= 15 is 0 Å². The highest BCUT2D eigenvalue weighted by Crippen LogP contribution is 2.54. The molecule has 0 aliphatic rings. The second-order valence-corrected chi connectivity index (χ2v) is 39.8. The van der Waals surface area contributed by atoms with Gasteiger partial charge in [-0.2, -0.15) is 0 Å². The van der Waals surface area contributed by atoms with E-state index in [-0.39, 0.29) is 0 Å². The van der Waals surface area contributed by atoms with Crippen LogP contribution in [-0.2, 0) is 6.42 Å². The molecule has 0 fully saturated rings. The van der Waals surface area contributed by atoms with Gasteiger partial charge in [-0.1, -0.05) is 258 Å². The Labute approximate surface area is 698 Å². The third kappa shape index (κ3) is 12.8. The largest absolute Gasteiger partial charge is 0.454 e. The van der Waals surface area contributed by atoms with Gasteiger partial charge in [-0.25, -0.2) is 0 Å². The van der Waals surface area contributed by atoms with E-state index in [0.29, 0.717) is 18.3 Å². The van der Waals surface area contributed by atoms with Crippen LogP contribution in [0, 0.1) is 41.5 Å². The van der Waals surface area contributed by atoms with E-state index in [0.717, 1.165) is 144 Å². The number of fused-ring (bicyclic) bond motifs is 16. The highest BCUT2D eigenvalue weighted by molar-refractivity contribution is 6.88. The predicted octanol–water partition coefficient (Wildman–Crippen LogP) is 32.5. The molecule has 0 saturated heterocycles. The normalized spacial score (nSPS) is 12.1. The number of anilines is 12. The molecule has 580 valence electrons. The molecule has 0 saturated carbocycles. The number of hydrogen-bond acceptors (Lipinski definition) is 6. The molecule has 18 aromatic carbocycles. The Kier molecular flexibility index (Phi) is 18.3. The molecule has 0 amide bonds. The lowest BCUT2D eigenvalue weighted by Gasteiger charge is -2.31. The van der Waals surface area contributed by atoms with Crippen LogP contribution in [0.2, 0.25) is 19.6 Å². The topological polar surface area (TPSA) is 39.2 Å². The van der Waals surface area contributed by atoms with Gasteiger partial charge in [-0.15, -0.1) is 0 Å². The Bertz CT molecular complexity index is 7430. The minimum absolute atomic E-state index is 0.350. The quantitative estimate of drug-likeness (QED) is 0.0668. The molecular formula is C112H96N4O2Si. The monoisotopic (exact) mass is 1560 g/mol. The van der Waals surface area contributed by atoms with Crippen molar-refractivity contribution in [1.82, 2.24) is 0 Å². The van der Waals surface area contributed by atoms with Crippen LogP contribution in [0.5, 0.6) is 0 Å². The first kappa shape index (κ1) is 74.4. The maximum Gasteiger partial charge on any atom is 0.159 e. The molecule has 0 aliphatic carbocycles. The smallest absolute Gasteiger partial charge is 0.159 e. The number of benzene rings is 18. The molecule has 2 aromatic heterocycles. The van der Waals surface area contributed by atoms with Crippen molar-refractivity contribution in [3.8, 4) is 0 Å². The fourth-order valence-electron chi connectivity index (χ4n) is 18.7. The Morgan fingerprint density at radius 2 is 0.605 bits per heavy atom. The van der Waals surface area contributed by atoms with Crippen molar-refractivity contribution in [2.45, 2.75) is 107 Å². The van der Waals surface area contributed by atoms with Gasteiger partial charge in [0.1, 0.15) is 11.2 Å². The second-order valence-electron chi connectivity index (χ2n) is 34.7. The summed E-state index contributed by atoms with van der Waals surface area (Å²) in [5, 5.41) is 19.8. The number of nitrogens with zero attached hydrogens (tertiary/aromatic N) is 4. The second kappa shape index (κ2) is 29.3. The van der Waals surface area contributed by atoms with Crippen molar-refractivity contribution in [3.63, 3.8) is 0 Å². The lowest BCUT2D eigenvalue weighted by molar-refractivity contribution is 0.668. The number of rotatable bonds is 17. The van der Waals surface area contributed by atoms with Crippen molar-refractivity contribution < 1.29 is 8.83 Å². The first-order chi connectivity index (χ1) is 57.8. The van der Waals surface area contributed by atoms with Crippen molar-refractivity contribution in [2.75, 3.05) is 19.6 Å². The van der Waals surface area contributed by atoms with Crippen molar-refractivity contribution in [2.24, 2.45) is 0 Å². The maximum atomic E-state index is 7.51. The molecule has 0 bridgehead atoms. The summed E-state index contributed by atoms with van der Waals surface area (Å²) in [6.07, 6.45) is 0.691. The van der Waals surface area contributed by atoms with E-state index in [4.69, 9.17) is 8.83 Å². The van der Waals surface area contributed by atoms with Crippen molar-refractivity contribution >= 4 is 190 Å². The highest BCUT2D eigenvalue weighted by Gasteiger charge is 2.30. The van der Waals surface area contributed by atoms with Crippen LogP contribution in [0.1, 0.15) is 95.2 Å². The average molecular weight is 1560 g/mol. The van der Waals surface area contributed by atoms with Crippen molar-refractivity contribution in [3.05, 3.63) is 377 Å². The molecule has 0 unspecified atom stereocenters. The fourth-order valence-corrected chi connectivity index (χ4v) is 19.8. The van der Waals surface area contributed by atoms with E-state index in [9.17, 15) is 0 Å². The molecule has 0 radical (unpaired) electrons. The van der Waals surface area contributed by atoms with Gasteiger partial charge < -0.3 is 28.4 Å². The third-order valence-electron chi connectivity index (χ3n) is 25.6. The summed E-state index contributed by atoms with van der Waals surface area (Å²) >= 11 is 0. The minimum atomic E-state index is -1.68. The first-order valence-electron chi connectivity index (χ1n) is 42.1. The van der Waals surface area contributed by atoms with Crippen molar-refractivity contribution in [1.29, 1.82) is 0 Å². The zero-order chi connectivity index (χ0) is 81.4. The minimum Gasteiger partial charge on any atom is -0.454 e. The highest BCUT2D eigenvalue weighted by atomic mass is 28.3. The van der Waals surface area contributed by atoms with E-state index in [1.165, 1.54) is 93.1 Å². The van der Waals surface area contributed by atoms with Gasteiger partial charge in [0.25, 0.3) is 0 Å². The van der Waals surface area contributed by atoms with Gasteiger partial charge in [-0.05, 0) is 274 Å². The van der Waals surface area contributed by atoms with E-state index < -0.39 is 8.07 Å². The Morgan fingerprint density at radius 3 is 1.03 bits per heavy atom. The molecule has 0 atom stereocenters. The fraction of sp³-hybridized carbons (Fsp3) is 0.143. The SMILES string of the molecule is Cc1ccc(N(c2cc(C)c(C)c(C)c2)c2cc3c4ccccc4c(N(c4ccc([Si](C)(C)C)cc4)c4cc(C)c(C)c(Cc5ccc6c(c5)oc5c(N(c7ccc(C(C)C)cc7)c7cc8c9ccccc9c(N(c9ccc(C(C)C)cc9)c9cccc%10c9oc9ccccc9%10)cc8c8ccccc78)cccc56)c4)cc3c3ccccc23)cc1. The van der Waals surface area contributed by atoms with Gasteiger partial charge in [0, 0.05) is 77.2 Å². The van der Waals surface area contributed by atoms with E-state index in [1.807, 2.05) is 0 Å². The molecule has 6 nitrogen and oxygen atoms in total. The molecule has 0 spiro atoms. The molecule has 2 heterocycles. The molecular weight excluding hydrogens is 1460 g/mol. The molecule has 119 heavy (non-hydrogen) atoms. The maximum absolute atomic E-state index is 7.51. The Morgan fingerprint density at radius 1 is 0.261 bits per heavy atom. The first-order valence-corrected chi connectivity index (χ1v) is 45.6. The summed E-state index contributed by atoms with van der Waals surface area (Å²) in [4.78, 5) is 9.91. The molecule has 0 aliphatic heterocycles. The zero-order valence-corrected chi connectivity index (χ0v) is 71.1. The van der Waals surface area contributed by atoms with Gasteiger partial charge in [-0.3, -0.25) is 0 Å². The molecule has 20 aromatic rings. The van der Waals surface area contributed by atoms with Crippen LogP contribution in [0.4, 0.5) is 68.2 Å². The van der Waals surface area contributed by atoms with Gasteiger partial charge in [0.05, 0.1) is 42.2 Å². The zero-order valence-electron chi connectivity index (χ0n) is 70.1. The summed E-state index contributed by atoms with van der Waals surface area (Å²) in [7, 11) is -1.68. The number of hydrogen-bond donors (Lipinski definition) is 0. The summed E-state index contributed by atoms with van der Waals surface area (Å²) in [5.41, 5.74) is 28.9. The molecule has 20 rings (SSSR count). The Hall–Kier alpha value is -13.5. The summed E-state index contributed by atoms with van der Waals surface area (Å²) < 4.78 is 14.4. The molecule has 7 heteroatoms. The summed E-state index contributed by atoms with van der Waals surface area (Å²) in [6, 6.07) is 121. The number of para-hydroxylation sites is 3. The van der Waals surface area contributed by atoms with Crippen LogP contribution < -0.4 is 24.8 Å². The van der Waals surface area contributed by atoms with Gasteiger partial charge in [0.15, 0.2) is 11.2 Å². The number of aryl methyl sites for hydroxylation is 4. The predicted molar refractivity (Wildman–Crippen MR) is 514 cm³/mol. The summed E-state index contributed by atoms with van der Waals surface area (Å²) in [6.45, 7) is 29.8. The van der Waals surface area contributed by atoms with E-state index in [1.54, 1.807) is 0 Å². The van der Waals surface area contributed by atoms with Gasteiger partial charge >= 0.3 is 0 Å². The molecule has 0 N–H and O–H groups in total. The average Bonchev–Trinajstić information content (AvgIpc) is 1.32. The third-order valence-corrected chi connectivity index (χ3v) is 27.6. The lowest BCUT2D eigenvalue weighted by atomic mass is 9.92. The standard InChI is InChI=1S/C112H96N4O2Si/c1-68(2)77-43-49-82(50-44-77)115(103-37-24-35-97-95-34-22-23-39-109(95)117-111(97)103)107-66-101-90-29-17-21-33-94(90)108(67-102(101)89-28-16-20-32-93(89)107)116(83-51-45-78(46-52-83)69(3)4)104-38-25-36-98-96-57-42-76(62-110(96)118-112(98)104)61-79-63-85(60-73(8)75(79)10)114(81-53-55-86(56-54-81)119(11,12)13)106-65-100-87-26-14-18-30-91(87)105(64-99(100)88-27-15-19-31-92(88)106)113(80-47-40-70(5)41-48-80)84-58-71(6)74(9)72(7)59-84/h14-60,62-69H,61H2,1-13H3. The van der Waals surface area contributed by atoms with E-state index in [2.05, 4.69) is 430 Å². The van der Waals surface area contributed by atoms with Crippen LogP contribution in [-0.4, -0.2) is 8.07 Å². The van der Waals surface area contributed by atoms with Crippen LogP contribution in [0.25, 0.3) is 109 Å². The lowest BCUT2D eigenvalue weighted by Crippen LogP contribution is -2.37. The van der Waals surface area contributed by atoms with Crippen LogP contribution in [0.3, 0.4) is 0 Å². The van der Waals surface area contributed by atoms with Crippen LogP contribution >= 0.6 is 0 Å². The summed E-state index contributed by atoms with van der Waals surface area (Å²) in [5.74, 6) is 0.727. The van der Waals surface area contributed by atoms with Crippen LogP contribution in [0.15, 0.2) is 330 Å². The Balaban J connectivity index is 0.726. The number of furan rings is 2.